The Bertz CT molecular complexity index is 3220. The van der Waals surface area contributed by atoms with Crippen molar-refractivity contribution in [1.29, 1.82) is 0 Å². The molecule has 54 heavy (non-hydrogen) atoms. The van der Waals surface area contributed by atoms with E-state index in [4.69, 9.17) is 9.47 Å². The average molecular weight is 687 g/mol. The monoisotopic (exact) mass is 686 g/mol. The number of hydrogen-bond donors (Lipinski definition) is 0. The molecule has 0 amide bonds. The topological polar surface area (TPSA) is 18.5 Å². The van der Waals surface area contributed by atoms with Crippen molar-refractivity contribution in [3.05, 3.63) is 182 Å². The lowest BCUT2D eigenvalue weighted by atomic mass is 9.86. The van der Waals surface area contributed by atoms with Crippen LogP contribution >= 0.6 is 0 Å². The van der Waals surface area contributed by atoms with E-state index in [9.17, 15) is 0 Å². The number of benzene rings is 10. The Hall–Kier alpha value is -7.16. The van der Waals surface area contributed by atoms with Crippen molar-refractivity contribution >= 4 is 43.1 Å². The molecular formula is C52H30O2. The minimum atomic E-state index is 0.892. The second kappa shape index (κ2) is 11.2. The Balaban J connectivity index is 1.00. The molecule has 0 saturated carbocycles. The Morgan fingerprint density at radius 3 is 1.43 bits per heavy atom. The number of fused-ring (bicyclic) bond motifs is 6. The van der Waals surface area contributed by atoms with Crippen molar-refractivity contribution in [2.24, 2.45) is 0 Å². The molecule has 0 radical (unpaired) electrons. The maximum absolute atomic E-state index is 6.57. The van der Waals surface area contributed by atoms with Gasteiger partial charge in [-0.25, -0.2) is 0 Å². The van der Waals surface area contributed by atoms with Crippen molar-refractivity contribution in [3.63, 3.8) is 0 Å². The standard InChI is InChI=1S/C52H30O2/c1-2-13-35-34(12-1)33(32-22-23-43-45-17-7-10-31-11-8-21-48(51(31)45)54-50(43)30-32)24-25-38(35)39-26-27-40(37-15-4-3-14-36(37)39)41-28-29-49-52-44(41)18-9-19-46(52)42-16-5-6-20-47(42)53-49/h1-30H. The number of para-hydroxylation sites is 1. The summed E-state index contributed by atoms with van der Waals surface area (Å²) >= 11 is 0. The Kier molecular flexibility index (Phi) is 6.09. The van der Waals surface area contributed by atoms with Crippen molar-refractivity contribution < 1.29 is 9.47 Å². The van der Waals surface area contributed by atoms with E-state index >= 15 is 0 Å². The molecule has 0 bridgehead atoms. The first-order valence-corrected chi connectivity index (χ1v) is 18.5. The third-order valence-corrected chi connectivity index (χ3v) is 11.5. The van der Waals surface area contributed by atoms with Crippen LogP contribution in [-0.2, 0) is 0 Å². The van der Waals surface area contributed by atoms with E-state index in [0.29, 0.717) is 0 Å². The van der Waals surface area contributed by atoms with Crippen LogP contribution in [0.15, 0.2) is 182 Å². The Morgan fingerprint density at radius 1 is 0.241 bits per heavy atom. The van der Waals surface area contributed by atoms with E-state index in [2.05, 4.69) is 170 Å². The molecule has 0 saturated heterocycles. The van der Waals surface area contributed by atoms with Gasteiger partial charge in [-0.2, -0.15) is 0 Å². The first kappa shape index (κ1) is 29.4. The minimum absolute atomic E-state index is 0.892. The summed E-state index contributed by atoms with van der Waals surface area (Å²) in [6.07, 6.45) is 0. The average Bonchev–Trinajstić information content (AvgIpc) is 3.23. The lowest BCUT2D eigenvalue weighted by molar-refractivity contribution is 0.487. The van der Waals surface area contributed by atoms with E-state index in [1.54, 1.807) is 0 Å². The highest BCUT2D eigenvalue weighted by molar-refractivity contribution is 6.16. The molecule has 2 nitrogen and oxygen atoms in total. The predicted molar refractivity (Wildman–Crippen MR) is 224 cm³/mol. The largest absolute Gasteiger partial charge is 0.456 e. The van der Waals surface area contributed by atoms with Crippen LogP contribution in [0.2, 0.25) is 0 Å². The molecule has 0 aliphatic carbocycles. The van der Waals surface area contributed by atoms with Gasteiger partial charge in [-0.15, -0.1) is 0 Å². The van der Waals surface area contributed by atoms with Crippen LogP contribution in [0.1, 0.15) is 0 Å². The third-order valence-electron chi connectivity index (χ3n) is 11.5. The zero-order chi connectivity index (χ0) is 35.3. The van der Waals surface area contributed by atoms with E-state index in [-0.39, 0.29) is 0 Å². The Labute approximate surface area is 312 Å². The highest BCUT2D eigenvalue weighted by atomic mass is 16.5. The fraction of sp³-hybridized carbons (Fsp3) is 0. The van der Waals surface area contributed by atoms with Crippen LogP contribution in [-0.4, -0.2) is 0 Å². The highest BCUT2D eigenvalue weighted by Crippen LogP contribution is 2.51. The summed E-state index contributed by atoms with van der Waals surface area (Å²) in [6.45, 7) is 0. The van der Waals surface area contributed by atoms with Gasteiger partial charge in [0.05, 0.1) is 0 Å². The van der Waals surface area contributed by atoms with Crippen LogP contribution in [0.25, 0.3) is 98.7 Å². The van der Waals surface area contributed by atoms with Crippen LogP contribution in [0.5, 0.6) is 23.0 Å². The zero-order valence-corrected chi connectivity index (χ0v) is 29.1. The predicted octanol–water partition coefficient (Wildman–Crippen LogP) is 14.8. The normalized spacial score (nSPS) is 12.4. The molecule has 10 aromatic rings. The lowest BCUT2D eigenvalue weighted by Gasteiger charge is -2.23. The molecule has 12 rings (SSSR count). The minimum Gasteiger partial charge on any atom is -0.456 e. The van der Waals surface area contributed by atoms with Gasteiger partial charge in [0.1, 0.15) is 23.0 Å². The molecule has 2 aliphatic heterocycles. The summed E-state index contributed by atoms with van der Waals surface area (Å²) in [7, 11) is 0. The molecular weight excluding hydrogens is 657 g/mol. The summed E-state index contributed by atoms with van der Waals surface area (Å²) in [4.78, 5) is 0. The molecule has 2 heteroatoms. The van der Waals surface area contributed by atoms with Crippen molar-refractivity contribution in [2.45, 2.75) is 0 Å². The molecule has 250 valence electrons. The summed E-state index contributed by atoms with van der Waals surface area (Å²) in [5, 5.41) is 9.62. The van der Waals surface area contributed by atoms with Crippen molar-refractivity contribution in [1.82, 2.24) is 0 Å². The van der Waals surface area contributed by atoms with Crippen molar-refractivity contribution in [3.8, 4) is 78.6 Å². The van der Waals surface area contributed by atoms with E-state index < -0.39 is 0 Å². The zero-order valence-electron chi connectivity index (χ0n) is 29.1. The highest BCUT2D eigenvalue weighted by Gasteiger charge is 2.24. The van der Waals surface area contributed by atoms with Crippen molar-refractivity contribution in [2.75, 3.05) is 0 Å². The molecule has 2 aliphatic rings. The molecule has 0 spiro atoms. The Morgan fingerprint density at radius 2 is 0.685 bits per heavy atom. The van der Waals surface area contributed by atoms with E-state index in [1.807, 2.05) is 12.1 Å². The van der Waals surface area contributed by atoms with Gasteiger partial charge >= 0.3 is 0 Å². The third kappa shape index (κ3) is 4.17. The van der Waals surface area contributed by atoms with Gasteiger partial charge < -0.3 is 9.47 Å². The fourth-order valence-electron chi connectivity index (χ4n) is 9.10. The molecule has 2 heterocycles. The number of hydrogen-bond acceptors (Lipinski definition) is 2. The molecule has 0 atom stereocenters. The molecule has 0 N–H and O–H groups in total. The molecule has 0 fully saturated rings. The quantitative estimate of drug-likeness (QED) is 0.184. The van der Waals surface area contributed by atoms with Crippen LogP contribution in [0.4, 0.5) is 0 Å². The van der Waals surface area contributed by atoms with Gasteiger partial charge in [-0.05, 0) is 107 Å². The van der Waals surface area contributed by atoms with Crippen LogP contribution in [0, 0.1) is 0 Å². The van der Waals surface area contributed by atoms with Gasteiger partial charge in [-0.1, -0.05) is 152 Å². The first-order chi connectivity index (χ1) is 26.8. The summed E-state index contributed by atoms with van der Waals surface area (Å²) in [6, 6.07) is 65.6. The molecule has 10 aromatic carbocycles. The summed E-state index contributed by atoms with van der Waals surface area (Å²) < 4.78 is 13.0. The van der Waals surface area contributed by atoms with Gasteiger partial charge in [0.2, 0.25) is 0 Å². The van der Waals surface area contributed by atoms with Crippen LogP contribution in [0.3, 0.4) is 0 Å². The second-order valence-corrected chi connectivity index (χ2v) is 14.3. The first-order valence-electron chi connectivity index (χ1n) is 18.5. The van der Waals surface area contributed by atoms with Gasteiger partial charge in [0, 0.05) is 21.9 Å². The van der Waals surface area contributed by atoms with Gasteiger partial charge in [0.25, 0.3) is 0 Å². The molecule has 0 unspecified atom stereocenters. The lowest BCUT2D eigenvalue weighted by Crippen LogP contribution is -1.98. The van der Waals surface area contributed by atoms with Gasteiger partial charge in [-0.3, -0.25) is 0 Å². The number of ether oxygens (including phenoxy) is 2. The summed E-state index contributed by atoms with van der Waals surface area (Å²) in [5.41, 5.74) is 11.9. The van der Waals surface area contributed by atoms with Crippen LogP contribution < -0.4 is 9.47 Å². The summed E-state index contributed by atoms with van der Waals surface area (Å²) in [5.74, 6) is 3.61. The SMILES string of the molecule is c1ccc2c(c1)Oc1ccc(-c3ccc(-c4ccc(-c5ccc6c(c5)Oc5cccc7cccc-6c57)c5ccccc45)c4ccccc34)c3cccc-2c13. The number of rotatable bonds is 3. The van der Waals surface area contributed by atoms with Gasteiger partial charge in [0.15, 0.2) is 0 Å². The molecule has 0 aromatic heterocycles. The van der Waals surface area contributed by atoms with E-state index in [1.165, 1.54) is 76.6 Å². The smallest absolute Gasteiger partial charge is 0.135 e. The fourth-order valence-corrected chi connectivity index (χ4v) is 9.10. The maximum atomic E-state index is 6.57. The second-order valence-electron chi connectivity index (χ2n) is 14.3. The maximum Gasteiger partial charge on any atom is 0.135 e. The van der Waals surface area contributed by atoms with E-state index in [0.717, 1.165) is 45.1 Å².